The van der Waals surface area contributed by atoms with Gasteiger partial charge in [-0.05, 0) is 76.5 Å². The minimum Gasteiger partial charge on any atom is -0.490 e. The molecule has 0 radical (unpaired) electrons. The molecule has 0 aromatic heterocycles. The zero-order chi connectivity index (χ0) is 21.1. The predicted molar refractivity (Wildman–Crippen MR) is 122 cm³/mol. The molecular formula is C21H20BrClN2O3S. The second-order valence-corrected chi connectivity index (χ2v) is 8.07. The number of carbonyl (C=O) groups is 1. The van der Waals surface area contributed by atoms with Crippen molar-refractivity contribution in [2.45, 2.75) is 13.5 Å². The van der Waals surface area contributed by atoms with Crippen LogP contribution in [0.5, 0.6) is 11.5 Å². The topological polar surface area (TPSA) is 42.0 Å². The van der Waals surface area contributed by atoms with E-state index in [1.807, 2.05) is 43.3 Å². The van der Waals surface area contributed by atoms with Crippen LogP contribution in [0.25, 0.3) is 6.08 Å². The normalized spacial score (nSPS) is 15.4. The van der Waals surface area contributed by atoms with E-state index in [1.165, 1.54) is 4.90 Å². The summed E-state index contributed by atoms with van der Waals surface area (Å²) in [5, 5.41) is 1.15. The van der Waals surface area contributed by atoms with E-state index in [-0.39, 0.29) is 5.91 Å². The number of ether oxygens (including phenoxy) is 2. The van der Waals surface area contributed by atoms with Crippen molar-refractivity contribution in [2.24, 2.45) is 0 Å². The molecule has 0 aliphatic carbocycles. The number of hydrogen-bond donors (Lipinski definition) is 0. The van der Waals surface area contributed by atoms with E-state index < -0.39 is 0 Å². The first-order chi connectivity index (χ1) is 13.8. The Bertz CT molecular complexity index is 979. The van der Waals surface area contributed by atoms with Gasteiger partial charge in [-0.25, -0.2) is 0 Å². The number of rotatable bonds is 6. The van der Waals surface area contributed by atoms with Gasteiger partial charge in [0.25, 0.3) is 5.91 Å². The molecule has 8 heteroatoms. The fraction of sp³-hybridized carbons (Fsp3) is 0.238. The van der Waals surface area contributed by atoms with Crippen molar-refractivity contribution in [3.05, 3.63) is 62.7 Å². The third-order valence-electron chi connectivity index (χ3n) is 4.39. The van der Waals surface area contributed by atoms with Crippen molar-refractivity contribution in [2.75, 3.05) is 20.7 Å². The van der Waals surface area contributed by atoms with Crippen molar-refractivity contribution in [3.8, 4) is 11.5 Å². The van der Waals surface area contributed by atoms with Crippen LogP contribution in [0.4, 0.5) is 0 Å². The molecule has 0 unspecified atom stereocenters. The van der Waals surface area contributed by atoms with Crippen LogP contribution in [0.1, 0.15) is 18.1 Å². The first-order valence-corrected chi connectivity index (χ1v) is 10.5. The Kier molecular flexibility index (Phi) is 6.82. The summed E-state index contributed by atoms with van der Waals surface area (Å²) in [7, 11) is 3.44. The number of carbonyl (C=O) groups excluding carboxylic acids is 1. The molecule has 0 N–H and O–H groups in total. The van der Waals surface area contributed by atoms with Crippen LogP contribution in [0, 0.1) is 0 Å². The number of benzene rings is 2. The van der Waals surface area contributed by atoms with Crippen molar-refractivity contribution in [3.63, 3.8) is 0 Å². The lowest BCUT2D eigenvalue weighted by Gasteiger charge is -2.15. The van der Waals surface area contributed by atoms with Gasteiger partial charge in [0.2, 0.25) is 0 Å². The van der Waals surface area contributed by atoms with Gasteiger partial charge in [-0.1, -0.05) is 23.7 Å². The first-order valence-electron chi connectivity index (χ1n) is 8.92. The Balaban J connectivity index is 1.90. The maximum atomic E-state index is 12.4. The van der Waals surface area contributed by atoms with E-state index >= 15 is 0 Å². The monoisotopic (exact) mass is 494 g/mol. The summed E-state index contributed by atoms with van der Waals surface area (Å²) in [4.78, 5) is 15.6. The quantitative estimate of drug-likeness (QED) is 0.411. The van der Waals surface area contributed by atoms with Crippen molar-refractivity contribution < 1.29 is 14.3 Å². The molecule has 0 bridgehead atoms. The largest absolute Gasteiger partial charge is 0.490 e. The van der Waals surface area contributed by atoms with Gasteiger partial charge in [0.15, 0.2) is 16.6 Å². The van der Waals surface area contributed by atoms with Crippen LogP contribution in [-0.4, -0.2) is 41.5 Å². The van der Waals surface area contributed by atoms with Crippen LogP contribution in [0.15, 0.2) is 46.6 Å². The summed E-state index contributed by atoms with van der Waals surface area (Å²) in [6.07, 6.45) is 1.79. The maximum Gasteiger partial charge on any atom is 0.276 e. The summed E-state index contributed by atoms with van der Waals surface area (Å²) in [6, 6.07) is 11.2. The standard InChI is InChI=1S/C21H20BrClN2O3S/c1-4-27-18-11-14(10-17-20(26)25(3)21(29)24(17)2)9-16(22)19(18)28-12-13-5-7-15(23)8-6-13/h5-11H,4,12H2,1-3H3/b17-10-. The Hall–Kier alpha value is -2.09. The highest BCUT2D eigenvalue weighted by Crippen LogP contribution is 2.38. The van der Waals surface area contributed by atoms with Gasteiger partial charge in [-0.3, -0.25) is 9.69 Å². The molecule has 2 aromatic rings. The van der Waals surface area contributed by atoms with Gasteiger partial charge in [0.05, 0.1) is 11.1 Å². The first kappa shape index (κ1) is 21.6. The molecule has 3 rings (SSSR count). The van der Waals surface area contributed by atoms with E-state index in [9.17, 15) is 4.79 Å². The fourth-order valence-corrected chi connectivity index (χ4v) is 3.74. The highest BCUT2D eigenvalue weighted by atomic mass is 79.9. The third-order valence-corrected chi connectivity index (χ3v) is 5.78. The lowest BCUT2D eigenvalue weighted by molar-refractivity contribution is -0.121. The molecular weight excluding hydrogens is 476 g/mol. The van der Waals surface area contributed by atoms with E-state index in [0.29, 0.717) is 40.5 Å². The molecule has 1 heterocycles. The lowest BCUT2D eigenvalue weighted by Crippen LogP contribution is -2.26. The minimum atomic E-state index is -0.144. The average molecular weight is 496 g/mol. The molecule has 1 aliphatic rings. The molecule has 29 heavy (non-hydrogen) atoms. The Labute approximate surface area is 189 Å². The number of amides is 1. The molecule has 0 saturated carbocycles. The molecule has 2 aromatic carbocycles. The summed E-state index contributed by atoms with van der Waals surface area (Å²) in [5.74, 6) is 1.05. The molecule has 1 fully saturated rings. The van der Waals surface area contributed by atoms with Crippen molar-refractivity contribution >= 4 is 56.8 Å². The smallest absolute Gasteiger partial charge is 0.276 e. The lowest BCUT2D eigenvalue weighted by atomic mass is 10.1. The zero-order valence-corrected chi connectivity index (χ0v) is 19.4. The molecule has 1 amide bonds. The molecule has 152 valence electrons. The van der Waals surface area contributed by atoms with Gasteiger partial charge >= 0.3 is 0 Å². The van der Waals surface area contributed by atoms with Crippen LogP contribution >= 0.6 is 39.7 Å². The zero-order valence-electron chi connectivity index (χ0n) is 16.2. The van der Waals surface area contributed by atoms with Crippen LogP contribution in [0.3, 0.4) is 0 Å². The minimum absolute atomic E-state index is 0.144. The summed E-state index contributed by atoms with van der Waals surface area (Å²) >= 11 is 14.8. The molecule has 0 atom stereocenters. The van der Waals surface area contributed by atoms with Gasteiger partial charge in [0, 0.05) is 19.1 Å². The van der Waals surface area contributed by atoms with Gasteiger partial charge < -0.3 is 14.4 Å². The molecule has 1 aliphatic heterocycles. The van der Waals surface area contributed by atoms with Crippen LogP contribution in [0.2, 0.25) is 5.02 Å². The summed E-state index contributed by atoms with van der Waals surface area (Å²) in [5.41, 5.74) is 2.29. The Morgan fingerprint density at radius 3 is 2.41 bits per heavy atom. The predicted octanol–water partition coefficient (Wildman–Crippen LogP) is 5.11. The number of nitrogens with zero attached hydrogens (tertiary/aromatic N) is 2. The van der Waals surface area contributed by atoms with Crippen LogP contribution < -0.4 is 9.47 Å². The van der Waals surface area contributed by atoms with E-state index in [1.54, 1.807) is 25.1 Å². The summed E-state index contributed by atoms with van der Waals surface area (Å²) in [6.45, 7) is 2.76. The van der Waals surface area contributed by atoms with Gasteiger partial charge in [0.1, 0.15) is 12.3 Å². The van der Waals surface area contributed by atoms with E-state index in [2.05, 4.69) is 15.9 Å². The third kappa shape index (κ3) is 4.74. The number of thiocarbonyl (C=S) groups is 1. The van der Waals surface area contributed by atoms with Crippen molar-refractivity contribution in [1.29, 1.82) is 0 Å². The SMILES string of the molecule is CCOc1cc(/C=C2/C(=O)N(C)C(=S)N2C)cc(Br)c1OCc1ccc(Cl)cc1. The van der Waals surface area contributed by atoms with Gasteiger partial charge in [-0.2, -0.15) is 0 Å². The molecule has 5 nitrogen and oxygen atoms in total. The highest BCUT2D eigenvalue weighted by Gasteiger charge is 2.32. The Morgan fingerprint density at radius 2 is 1.83 bits per heavy atom. The number of hydrogen-bond acceptors (Lipinski definition) is 4. The summed E-state index contributed by atoms with van der Waals surface area (Å²) < 4.78 is 12.5. The Morgan fingerprint density at radius 1 is 1.14 bits per heavy atom. The average Bonchev–Trinajstić information content (AvgIpc) is 2.87. The van der Waals surface area contributed by atoms with Gasteiger partial charge in [-0.15, -0.1) is 0 Å². The van der Waals surface area contributed by atoms with E-state index in [0.717, 1.165) is 15.6 Å². The molecule has 1 saturated heterocycles. The fourth-order valence-electron chi connectivity index (χ4n) is 2.86. The second kappa shape index (κ2) is 9.15. The maximum absolute atomic E-state index is 12.4. The van der Waals surface area contributed by atoms with Crippen molar-refractivity contribution in [1.82, 2.24) is 9.80 Å². The molecule has 0 spiro atoms. The van der Waals surface area contributed by atoms with E-state index in [4.69, 9.17) is 33.3 Å². The highest BCUT2D eigenvalue weighted by molar-refractivity contribution is 9.10. The number of likely N-dealkylation sites (N-methyl/N-ethyl adjacent to an activating group) is 2. The van der Waals surface area contributed by atoms with Crippen LogP contribution in [-0.2, 0) is 11.4 Å². The number of halogens is 2. The second-order valence-electron chi connectivity index (χ2n) is 6.41.